The molecule has 0 amide bonds. The molecule has 0 spiro atoms. The van der Waals surface area contributed by atoms with Crippen molar-refractivity contribution in [2.24, 2.45) is 10.9 Å². The van der Waals surface area contributed by atoms with Crippen molar-refractivity contribution < 1.29 is 9.52 Å². The van der Waals surface area contributed by atoms with Crippen LogP contribution in [0.15, 0.2) is 107 Å². The van der Waals surface area contributed by atoms with Crippen LogP contribution in [0.5, 0.6) is 5.75 Å². The summed E-state index contributed by atoms with van der Waals surface area (Å²) in [5.41, 5.74) is 10.7. The molecule has 3 aliphatic heterocycles. The number of oxazole rings is 1. The number of hydrogen-bond donors (Lipinski definition) is 1. The monoisotopic (exact) mass is 870 g/mol. The maximum Gasteiger partial charge on any atom is 0.225 e. The Balaban J connectivity index is 0.717. The topological polar surface area (TPSA) is 125 Å². The molecule has 7 aromatic rings. The molecule has 64 heavy (non-hydrogen) atoms. The summed E-state index contributed by atoms with van der Waals surface area (Å²) in [7, 11) is 0. The Labute approximate surface area is 378 Å². The van der Waals surface area contributed by atoms with Gasteiger partial charge in [0.2, 0.25) is 5.95 Å². The first-order valence-electron chi connectivity index (χ1n) is 22.8. The van der Waals surface area contributed by atoms with E-state index in [0.29, 0.717) is 29.9 Å². The number of fused-ring (bicyclic) bond motifs is 4. The zero-order valence-electron chi connectivity index (χ0n) is 36.8. The highest BCUT2D eigenvalue weighted by Crippen LogP contribution is 2.47. The van der Waals surface area contributed by atoms with Gasteiger partial charge in [-0.2, -0.15) is 0 Å². The molecular weight excluding hydrogens is 817 g/mol. The Morgan fingerprint density at radius 2 is 1.58 bits per heavy atom. The second-order valence-electron chi connectivity index (χ2n) is 18.0. The van der Waals surface area contributed by atoms with Gasteiger partial charge in [0.15, 0.2) is 11.7 Å². The highest BCUT2D eigenvalue weighted by molar-refractivity contribution is 7.15. The number of aromatic nitrogens is 6. The average Bonchev–Trinajstić information content (AvgIpc) is 4.04. The van der Waals surface area contributed by atoms with Gasteiger partial charge >= 0.3 is 0 Å². The van der Waals surface area contributed by atoms with Crippen LogP contribution in [0.4, 0.5) is 11.6 Å². The summed E-state index contributed by atoms with van der Waals surface area (Å²) in [5, 5.41) is 20.5. The lowest BCUT2D eigenvalue weighted by molar-refractivity contribution is 0.201. The normalized spacial score (nSPS) is 20.4. The number of benzene rings is 3. The molecule has 7 heterocycles. The van der Waals surface area contributed by atoms with E-state index >= 15 is 0 Å². The van der Waals surface area contributed by atoms with Gasteiger partial charge in [-0.15, -0.1) is 21.5 Å². The number of nitrogens with zero attached hydrogens (tertiary/aromatic N) is 10. The van der Waals surface area contributed by atoms with Crippen LogP contribution in [0.25, 0.3) is 5.00 Å². The van der Waals surface area contributed by atoms with E-state index in [4.69, 9.17) is 19.4 Å². The number of phenolic OH excluding ortho intramolecular Hbond substituents is 1. The van der Waals surface area contributed by atoms with Crippen molar-refractivity contribution in [3.8, 4) is 10.8 Å². The maximum atomic E-state index is 10.3. The largest absolute Gasteiger partial charge is 0.508 e. The first-order chi connectivity index (χ1) is 31.3. The van der Waals surface area contributed by atoms with E-state index in [9.17, 15) is 5.11 Å². The molecule has 0 bridgehead atoms. The summed E-state index contributed by atoms with van der Waals surface area (Å²) in [6.45, 7) is 13.6. The van der Waals surface area contributed by atoms with E-state index in [-0.39, 0.29) is 12.0 Å². The van der Waals surface area contributed by atoms with E-state index < -0.39 is 0 Å². The third-order valence-corrected chi connectivity index (χ3v) is 15.4. The SMILES string of the molecule is Cc1sc2c(c1C)C(c1ccc(N3CCN(CC4CCN(c5ncc([C@H]6c7ccc(O)cc7CC[C@H]6c6ccccc6)cn5)CC4)CC3)cc1)=N[C@@H](Cc1ncco1)c1nnc(C)n1-2. The second kappa shape index (κ2) is 17.1. The van der Waals surface area contributed by atoms with Gasteiger partial charge in [0.25, 0.3) is 0 Å². The molecule has 0 unspecified atom stereocenters. The Hall–Kier alpha value is -6.18. The summed E-state index contributed by atoms with van der Waals surface area (Å²) >= 11 is 1.78. The van der Waals surface area contributed by atoms with Crippen LogP contribution in [-0.2, 0) is 12.8 Å². The minimum Gasteiger partial charge on any atom is -0.508 e. The van der Waals surface area contributed by atoms with Crippen LogP contribution in [0, 0.1) is 26.7 Å². The first kappa shape index (κ1) is 40.6. The lowest BCUT2D eigenvalue weighted by atomic mass is 9.70. The quantitative estimate of drug-likeness (QED) is 0.151. The van der Waals surface area contributed by atoms with Crippen LogP contribution in [0.1, 0.15) is 98.5 Å². The molecule has 0 radical (unpaired) electrons. The third kappa shape index (κ3) is 7.68. The van der Waals surface area contributed by atoms with Crippen LogP contribution in [0.2, 0.25) is 0 Å². The summed E-state index contributed by atoms with van der Waals surface area (Å²) < 4.78 is 7.86. The Kier molecular flexibility index (Phi) is 10.8. The number of rotatable bonds is 9. The molecule has 12 nitrogen and oxygen atoms in total. The van der Waals surface area contributed by atoms with Crippen molar-refractivity contribution in [3.63, 3.8) is 0 Å². The summed E-state index contributed by atoms with van der Waals surface area (Å²) in [6.07, 6.45) is 12.2. The molecule has 4 aliphatic rings. The van der Waals surface area contributed by atoms with Crippen LogP contribution < -0.4 is 9.80 Å². The standard InChI is InChI=1S/C51H54N10O2S/c1-32-33(2)64-50-46(32)48(55-44(28-45-52-19-26-63-45)49-57-56-34(3)61(49)50)37-9-12-40(13-10-37)59-24-22-58(23-25-59)31-35-17-20-60(21-18-35)51-53-29-39(30-54-51)47-42(36-7-5-4-6-8-36)15-11-38-27-41(62)14-16-43(38)47/h4-10,12-14,16,19,26-27,29-30,35,42,44,47,62H,11,15,17-18,20-25,28,31H2,1-3H3/t42-,44-,47+/m0/s1. The molecule has 3 aromatic carbocycles. The van der Waals surface area contributed by atoms with Gasteiger partial charge in [0, 0.05) is 85.8 Å². The molecular formula is C51H54N10O2S. The Morgan fingerprint density at radius 1 is 0.797 bits per heavy atom. The zero-order valence-corrected chi connectivity index (χ0v) is 37.6. The van der Waals surface area contributed by atoms with E-state index in [2.05, 4.69) is 121 Å². The molecule has 326 valence electrons. The molecule has 2 saturated heterocycles. The van der Waals surface area contributed by atoms with Crippen molar-refractivity contribution >= 4 is 28.7 Å². The van der Waals surface area contributed by atoms with Gasteiger partial charge in [-0.25, -0.2) is 15.0 Å². The molecule has 3 atom stereocenters. The van der Waals surface area contributed by atoms with Gasteiger partial charge in [0.1, 0.15) is 28.9 Å². The van der Waals surface area contributed by atoms with Gasteiger partial charge in [0.05, 0.1) is 18.3 Å². The molecule has 0 saturated carbocycles. The van der Waals surface area contributed by atoms with E-state index in [1.807, 2.05) is 19.1 Å². The Bertz CT molecular complexity index is 2770. The predicted octanol–water partition coefficient (Wildman–Crippen LogP) is 8.77. The fraction of sp³-hybridized carbons (Fsp3) is 0.373. The number of phenols is 1. The highest BCUT2D eigenvalue weighted by Gasteiger charge is 2.35. The van der Waals surface area contributed by atoms with Crippen molar-refractivity contribution in [2.75, 3.05) is 55.6 Å². The number of aromatic hydroxyl groups is 1. The molecule has 1 aliphatic carbocycles. The number of aliphatic imine (C=N–C) groups is 1. The van der Waals surface area contributed by atoms with Crippen molar-refractivity contribution in [1.29, 1.82) is 0 Å². The van der Waals surface area contributed by atoms with Gasteiger partial charge < -0.3 is 19.3 Å². The smallest absolute Gasteiger partial charge is 0.225 e. The minimum absolute atomic E-state index is 0.149. The maximum absolute atomic E-state index is 10.3. The number of aryl methyl sites for hydroxylation is 3. The molecule has 11 rings (SSSR count). The number of anilines is 2. The van der Waals surface area contributed by atoms with Crippen molar-refractivity contribution in [3.05, 3.63) is 159 Å². The van der Waals surface area contributed by atoms with E-state index in [1.54, 1.807) is 23.8 Å². The number of piperidine rings is 1. The molecule has 1 N–H and O–H groups in total. The molecule has 13 heteroatoms. The zero-order chi connectivity index (χ0) is 43.3. The first-order valence-corrected chi connectivity index (χ1v) is 23.7. The number of piperazine rings is 1. The molecule has 2 fully saturated rings. The van der Waals surface area contributed by atoms with Gasteiger partial charge in [-0.1, -0.05) is 48.5 Å². The fourth-order valence-electron chi connectivity index (χ4n) is 10.7. The Morgan fingerprint density at radius 3 is 2.33 bits per heavy atom. The molecule has 4 aromatic heterocycles. The minimum atomic E-state index is -0.286. The lowest BCUT2D eigenvalue weighted by Crippen LogP contribution is -2.49. The lowest BCUT2D eigenvalue weighted by Gasteiger charge is -2.39. The van der Waals surface area contributed by atoms with Gasteiger partial charge in [-0.05, 0) is 110 Å². The predicted molar refractivity (Wildman–Crippen MR) is 252 cm³/mol. The van der Waals surface area contributed by atoms with Crippen LogP contribution in [-0.4, -0.2) is 91.2 Å². The second-order valence-corrected chi connectivity index (χ2v) is 19.2. The van der Waals surface area contributed by atoms with Crippen molar-refractivity contribution in [1.82, 2.24) is 34.6 Å². The number of thiophene rings is 1. The third-order valence-electron chi connectivity index (χ3n) is 14.2. The van der Waals surface area contributed by atoms with Gasteiger partial charge in [-0.3, -0.25) is 14.5 Å². The van der Waals surface area contributed by atoms with Crippen LogP contribution in [0.3, 0.4) is 0 Å². The van der Waals surface area contributed by atoms with E-state index in [1.165, 1.54) is 32.8 Å². The summed E-state index contributed by atoms with van der Waals surface area (Å²) in [5.74, 6) is 4.62. The summed E-state index contributed by atoms with van der Waals surface area (Å²) in [4.78, 5) is 28.6. The van der Waals surface area contributed by atoms with Crippen molar-refractivity contribution in [2.45, 2.75) is 70.8 Å². The summed E-state index contributed by atoms with van der Waals surface area (Å²) in [6, 6.07) is 25.4. The van der Waals surface area contributed by atoms with E-state index in [0.717, 1.165) is 116 Å². The average molecular weight is 871 g/mol. The fourth-order valence-corrected chi connectivity index (χ4v) is 11.9. The highest BCUT2D eigenvalue weighted by atomic mass is 32.1. The van der Waals surface area contributed by atoms with Crippen LogP contribution >= 0.6 is 11.3 Å². The number of hydrogen-bond acceptors (Lipinski definition) is 12.